The summed E-state index contributed by atoms with van der Waals surface area (Å²) in [5.74, 6) is 1.32. The van der Waals surface area contributed by atoms with Gasteiger partial charge < -0.3 is 20.9 Å². The van der Waals surface area contributed by atoms with Gasteiger partial charge in [0.1, 0.15) is 5.75 Å². The Bertz CT molecular complexity index is 440. The molecule has 1 aromatic carbocycles. The molecule has 1 rings (SSSR count). The maximum absolute atomic E-state index is 11.8. The van der Waals surface area contributed by atoms with Gasteiger partial charge in [-0.05, 0) is 18.6 Å². The summed E-state index contributed by atoms with van der Waals surface area (Å²) < 4.78 is 5.05. The lowest BCUT2D eigenvalue weighted by molar-refractivity contribution is -0.115. The van der Waals surface area contributed by atoms with Gasteiger partial charge in [0.2, 0.25) is 5.91 Å². The summed E-state index contributed by atoms with van der Waals surface area (Å²) in [5, 5.41) is 11.9. The van der Waals surface area contributed by atoms with Crippen molar-refractivity contribution in [3.63, 3.8) is 0 Å². The third kappa shape index (κ3) is 5.71. The number of nitrogen functional groups attached to an aromatic ring is 1. The third-order valence-corrected chi connectivity index (χ3v) is 4.04. The molecule has 6 heteroatoms. The number of thioether (sulfide) groups is 1. The molecule has 0 bridgehead atoms. The monoisotopic (exact) mass is 298 g/mol. The van der Waals surface area contributed by atoms with Crippen LogP contribution in [0.5, 0.6) is 5.75 Å². The summed E-state index contributed by atoms with van der Waals surface area (Å²) in [6, 6.07) is 5.16. The highest BCUT2D eigenvalue weighted by atomic mass is 32.2. The van der Waals surface area contributed by atoms with E-state index in [2.05, 4.69) is 5.32 Å². The first-order valence-corrected chi connectivity index (χ1v) is 7.57. The fourth-order valence-corrected chi connectivity index (χ4v) is 2.59. The normalized spacial score (nSPS) is 11.9. The number of hydrogen-bond donors (Lipinski definition) is 3. The second-order valence-corrected chi connectivity index (χ2v) is 5.99. The predicted molar refractivity (Wildman–Crippen MR) is 84.3 cm³/mol. The van der Waals surface area contributed by atoms with Crippen molar-refractivity contribution in [2.75, 3.05) is 30.5 Å². The summed E-state index contributed by atoms with van der Waals surface area (Å²) in [5.41, 5.74) is 6.92. The van der Waals surface area contributed by atoms with Crippen LogP contribution in [0.2, 0.25) is 0 Å². The maximum Gasteiger partial charge on any atom is 0.225 e. The van der Waals surface area contributed by atoms with E-state index in [0.29, 0.717) is 28.8 Å². The maximum atomic E-state index is 11.8. The van der Waals surface area contributed by atoms with Crippen molar-refractivity contribution in [1.82, 2.24) is 0 Å². The van der Waals surface area contributed by atoms with Crippen LogP contribution in [0.25, 0.3) is 0 Å². The van der Waals surface area contributed by atoms with Crippen molar-refractivity contribution >= 4 is 29.0 Å². The quantitative estimate of drug-likeness (QED) is 0.640. The highest BCUT2D eigenvalue weighted by molar-refractivity contribution is 7.99. The Balaban J connectivity index is 2.39. The van der Waals surface area contributed by atoms with Gasteiger partial charge in [-0.3, -0.25) is 4.79 Å². The smallest absolute Gasteiger partial charge is 0.225 e. The molecule has 0 aliphatic carbocycles. The summed E-state index contributed by atoms with van der Waals surface area (Å²) in [4.78, 5) is 11.8. The molecule has 0 saturated heterocycles. The molecule has 1 aromatic rings. The molecule has 112 valence electrons. The van der Waals surface area contributed by atoms with Crippen LogP contribution < -0.4 is 15.8 Å². The van der Waals surface area contributed by atoms with Crippen LogP contribution in [0.4, 0.5) is 11.4 Å². The standard InChI is InChI=1S/C14H22N2O3S/c1-10(5-7-17)20-8-6-14(18)16-13-4-3-11(19-2)9-12(13)15/h3-4,9-10,17H,5-8,15H2,1-2H3,(H,16,18). The van der Waals surface area contributed by atoms with E-state index >= 15 is 0 Å². The molecule has 1 atom stereocenters. The highest BCUT2D eigenvalue weighted by Crippen LogP contribution is 2.24. The summed E-state index contributed by atoms with van der Waals surface area (Å²) >= 11 is 1.68. The molecule has 1 unspecified atom stereocenters. The van der Waals surface area contributed by atoms with Crippen molar-refractivity contribution in [3.05, 3.63) is 18.2 Å². The van der Waals surface area contributed by atoms with Gasteiger partial charge in [-0.25, -0.2) is 0 Å². The zero-order chi connectivity index (χ0) is 15.0. The first-order chi connectivity index (χ1) is 9.56. The molecular formula is C14H22N2O3S. The van der Waals surface area contributed by atoms with E-state index in [9.17, 15) is 4.79 Å². The molecular weight excluding hydrogens is 276 g/mol. The van der Waals surface area contributed by atoms with Crippen molar-refractivity contribution in [2.24, 2.45) is 0 Å². The Morgan fingerprint density at radius 2 is 2.30 bits per heavy atom. The predicted octanol–water partition coefficient (Wildman–Crippen LogP) is 2.11. The van der Waals surface area contributed by atoms with Crippen LogP contribution in [0, 0.1) is 0 Å². The Morgan fingerprint density at radius 1 is 1.55 bits per heavy atom. The zero-order valence-corrected chi connectivity index (χ0v) is 12.7. The largest absolute Gasteiger partial charge is 0.497 e. The molecule has 0 saturated carbocycles. The number of benzene rings is 1. The molecule has 4 N–H and O–H groups in total. The van der Waals surface area contributed by atoms with Crippen LogP contribution in [0.1, 0.15) is 19.8 Å². The SMILES string of the molecule is COc1ccc(NC(=O)CCSC(C)CCO)c(N)c1. The molecule has 0 fully saturated rings. The molecule has 0 aliphatic rings. The van der Waals surface area contributed by atoms with Crippen molar-refractivity contribution in [1.29, 1.82) is 0 Å². The number of methoxy groups -OCH3 is 1. The lowest BCUT2D eigenvalue weighted by Crippen LogP contribution is -2.14. The van der Waals surface area contributed by atoms with Crippen LogP contribution in [-0.2, 0) is 4.79 Å². The molecule has 20 heavy (non-hydrogen) atoms. The summed E-state index contributed by atoms with van der Waals surface area (Å²) in [7, 11) is 1.57. The van der Waals surface area contributed by atoms with Gasteiger partial charge in [0.15, 0.2) is 0 Å². The van der Waals surface area contributed by atoms with Gasteiger partial charge in [0, 0.05) is 30.1 Å². The van der Waals surface area contributed by atoms with Gasteiger partial charge in [-0.1, -0.05) is 6.92 Å². The summed E-state index contributed by atoms with van der Waals surface area (Å²) in [6.07, 6.45) is 1.17. The summed E-state index contributed by atoms with van der Waals surface area (Å²) in [6.45, 7) is 2.23. The number of carbonyl (C=O) groups is 1. The van der Waals surface area contributed by atoms with Gasteiger partial charge in [-0.15, -0.1) is 0 Å². The van der Waals surface area contributed by atoms with Crippen molar-refractivity contribution in [3.8, 4) is 5.75 Å². The second-order valence-electron chi connectivity index (χ2n) is 4.45. The van der Waals surface area contributed by atoms with Crippen LogP contribution in [0.3, 0.4) is 0 Å². The van der Waals surface area contributed by atoms with E-state index in [4.69, 9.17) is 15.6 Å². The molecule has 1 amide bonds. The van der Waals surface area contributed by atoms with Crippen molar-refractivity contribution < 1.29 is 14.6 Å². The first-order valence-electron chi connectivity index (χ1n) is 6.52. The number of nitrogens with two attached hydrogens (primary N) is 1. The lowest BCUT2D eigenvalue weighted by Gasteiger charge is -2.11. The van der Waals surface area contributed by atoms with Crippen LogP contribution in [0.15, 0.2) is 18.2 Å². The molecule has 0 heterocycles. The number of ether oxygens (including phenoxy) is 1. The molecule has 0 aliphatic heterocycles. The number of hydrogen-bond acceptors (Lipinski definition) is 5. The number of carbonyl (C=O) groups excluding carboxylic acids is 1. The Hall–Kier alpha value is -1.40. The Labute approximate surface area is 123 Å². The topological polar surface area (TPSA) is 84.6 Å². The minimum absolute atomic E-state index is 0.0643. The minimum atomic E-state index is -0.0643. The van der Waals surface area contributed by atoms with E-state index in [1.807, 2.05) is 6.92 Å². The number of nitrogens with one attached hydrogen (secondary N) is 1. The van der Waals surface area contributed by atoms with Crippen LogP contribution >= 0.6 is 11.8 Å². The number of aliphatic hydroxyl groups excluding tert-OH is 1. The zero-order valence-electron chi connectivity index (χ0n) is 11.9. The van der Waals surface area contributed by atoms with Crippen molar-refractivity contribution in [2.45, 2.75) is 25.0 Å². The van der Waals surface area contributed by atoms with Crippen LogP contribution in [-0.4, -0.2) is 35.7 Å². The third-order valence-electron chi connectivity index (χ3n) is 2.80. The number of anilines is 2. The average molecular weight is 298 g/mol. The van der Waals surface area contributed by atoms with Gasteiger partial charge in [-0.2, -0.15) is 11.8 Å². The number of aliphatic hydroxyl groups is 1. The van der Waals surface area contributed by atoms with E-state index in [-0.39, 0.29) is 12.5 Å². The Kier molecular flexibility index (Phi) is 7.25. The molecule has 0 aromatic heterocycles. The first kappa shape index (κ1) is 16.7. The van der Waals surface area contributed by atoms with Gasteiger partial charge in [0.25, 0.3) is 0 Å². The molecule has 0 spiro atoms. The fraction of sp³-hybridized carbons (Fsp3) is 0.500. The minimum Gasteiger partial charge on any atom is -0.497 e. The lowest BCUT2D eigenvalue weighted by atomic mass is 10.2. The number of amides is 1. The fourth-order valence-electron chi connectivity index (χ4n) is 1.61. The van der Waals surface area contributed by atoms with E-state index < -0.39 is 0 Å². The Morgan fingerprint density at radius 3 is 2.90 bits per heavy atom. The van der Waals surface area contributed by atoms with E-state index in [0.717, 1.165) is 12.2 Å². The van der Waals surface area contributed by atoms with E-state index in [1.54, 1.807) is 37.1 Å². The van der Waals surface area contributed by atoms with E-state index in [1.165, 1.54) is 0 Å². The highest BCUT2D eigenvalue weighted by Gasteiger charge is 2.08. The van der Waals surface area contributed by atoms with Gasteiger partial charge in [0.05, 0.1) is 18.5 Å². The average Bonchev–Trinajstić information content (AvgIpc) is 2.41. The second kappa shape index (κ2) is 8.71. The van der Waals surface area contributed by atoms with Gasteiger partial charge >= 0.3 is 0 Å². The molecule has 0 radical (unpaired) electrons. The number of rotatable bonds is 8. The molecule has 5 nitrogen and oxygen atoms in total.